The van der Waals surface area contributed by atoms with Crippen molar-refractivity contribution < 1.29 is 29.4 Å². The average molecular weight is 514 g/mol. The van der Waals surface area contributed by atoms with Crippen molar-refractivity contribution in [2.75, 3.05) is 13.1 Å². The summed E-state index contributed by atoms with van der Waals surface area (Å²) in [7, 11) is 0. The molecule has 0 aliphatic heterocycles. The first-order chi connectivity index (χ1) is 17.7. The number of hydrogen-bond acceptors (Lipinski definition) is 7. The zero-order valence-corrected chi connectivity index (χ0v) is 20.6. The van der Waals surface area contributed by atoms with Crippen LogP contribution in [0.25, 0.3) is 0 Å². The molecule has 11 heteroatoms. The quantitative estimate of drug-likeness (QED) is 0.159. The molecule has 0 saturated carbocycles. The molecule has 0 aromatic heterocycles. The van der Waals surface area contributed by atoms with Gasteiger partial charge in [-0.1, -0.05) is 42.5 Å². The van der Waals surface area contributed by atoms with Gasteiger partial charge in [0.05, 0.1) is 6.04 Å². The Hall–Kier alpha value is -3.96. The minimum atomic E-state index is -1.23. The summed E-state index contributed by atoms with van der Waals surface area (Å²) in [5.74, 6) is -3.01. The van der Waals surface area contributed by atoms with Gasteiger partial charge in [0, 0.05) is 6.42 Å². The van der Waals surface area contributed by atoms with E-state index in [0.717, 1.165) is 5.56 Å². The zero-order chi connectivity index (χ0) is 27.2. The third kappa shape index (κ3) is 10.7. The van der Waals surface area contributed by atoms with Crippen LogP contribution in [0, 0.1) is 0 Å². The maximum atomic E-state index is 13.2. The number of hydrogen-bond donors (Lipinski definition) is 7. The molecular formula is C26H35N5O6. The minimum absolute atomic E-state index is 0.0362. The topological polar surface area (TPSA) is 197 Å². The van der Waals surface area contributed by atoms with Gasteiger partial charge in [0.25, 0.3) is 0 Å². The number of nitrogens with one attached hydrogen (secondary N) is 3. The van der Waals surface area contributed by atoms with E-state index in [1.54, 1.807) is 12.1 Å². The van der Waals surface area contributed by atoms with E-state index in [0.29, 0.717) is 24.9 Å². The largest absolute Gasteiger partial charge is 0.508 e. The number of unbranched alkanes of at least 4 members (excludes halogenated alkanes) is 1. The second-order valence-corrected chi connectivity index (χ2v) is 8.69. The van der Waals surface area contributed by atoms with Crippen LogP contribution < -0.4 is 27.4 Å². The molecule has 0 radical (unpaired) electrons. The highest BCUT2D eigenvalue weighted by Crippen LogP contribution is 2.12. The number of nitrogens with two attached hydrogens (primary N) is 2. The molecule has 0 aliphatic rings. The Labute approximate surface area is 215 Å². The maximum absolute atomic E-state index is 13.2. The van der Waals surface area contributed by atoms with E-state index < -0.39 is 48.4 Å². The fourth-order valence-electron chi connectivity index (χ4n) is 3.64. The Morgan fingerprint density at radius 2 is 1.41 bits per heavy atom. The van der Waals surface area contributed by atoms with Crippen LogP contribution >= 0.6 is 0 Å². The van der Waals surface area contributed by atoms with Gasteiger partial charge in [0.1, 0.15) is 24.4 Å². The van der Waals surface area contributed by atoms with Crippen molar-refractivity contribution in [3.63, 3.8) is 0 Å². The van der Waals surface area contributed by atoms with E-state index >= 15 is 0 Å². The number of carbonyl (C=O) groups excluding carboxylic acids is 3. The fraction of sp³-hybridized carbons (Fsp3) is 0.385. The third-order valence-electron chi connectivity index (χ3n) is 5.64. The van der Waals surface area contributed by atoms with Crippen LogP contribution in [0.3, 0.4) is 0 Å². The van der Waals surface area contributed by atoms with Crippen LogP contribution in [0.2, 0.25) is 0 Å². The molecule has 11 nitrogen and oxygen atoms in total. The Kier molecular flexibility index (Phi) is 12.0. The van der Waals surface area contributed by atoms with Crippen LogP contribution in [0.5, 0.6) is 5.75 Å². The number of aliphatic carboxylic acids is 1. The van der Waals surface area contributed by atoms with Crippen LogP contribution in [0.15, 0.2) is 54.6 Å². The lowest BCUT2D eigenvalue weighted by Crippen LogP contribution is -2.56. The van der Waals surface area contributed by atoms with Crippen molar-refractivity contribution in [1.29, 1.82) is 0 Å². The molecule has 0 spiro atoms. The molecule has 3 unspecified atom stereocenters. The number of carboxylic acid groups (broad SMARTS) is 1. The molecule has 0 fully saturated rings. The fourth-order valence-corrected chi connectivity index (χ4v) is 3.64. The van der Waals surface area contributed by atoms with Gasteiger partial charge in [-0.25, -0.2) is 0 Å². The standard InChI is InChI=1S/C26H35N5O6/c27-13-5-4-8-21(30-24(35)20(28)14-17-6-2-1-3-7-17)26(37)31-22(25(36)29-16-23(33)34)15-18-9-11-19(32)12-10-18/h1-3,6-7,9-12,20-22,32H,4-5,8,13-16,27-28H2,(H,29,36)(H,30,35)(H,31,37)(H,33,34). The summed E-state index contributed by atoms with van der Waals surface area (Å²) in [4.78, 5) is 49.6. The molecule has 3 amide bonds. The zero-order valence-electron chi connectivity index (χ0n) is 20.6. The summed E-state index contributed by atoms with van der Waals surface area (Å²) in [6.07, 6.45) is 1.78. The Balaban J connectivity index is 2.14. The average Bonchev–Trinajstić information content (AvgIpc) is 2.88. The van der Waals surface area contributed by atoms with Gasteiger partial charge < -0.3 is 37.6 Å². The van der Waals surface area contributed by atoms with Gasteiger partial charge in [-0.2, -0.15) is 0 Å². The molecule has 0 saturated heterocycles. The highest BCUT2D eigenvalue weighted by Gasteiger charge is 2.28. The predicted octanol–water partition coefficient (Wildman–Crippen LogP) is -0.196. The van der Waals surface area contributed by atoms with E-state index in [2.05, 4.69) is 16.0 Å². The third-order valence-corrected chi connectivity index (χ3v) is 5.64. The summed E-state index contributed by atoms with van der Waals surface area (Å²) in [6, 6.07) is 12.3. The lowest BCUT2D eigenvalue weighted by atomic mass is 10.0. The van der Waals surface area contributed by atoms with E-state index in [4.69, 9.17) is 16.6 Å². The molecule has 2 aromatic carbocycles. The first kappa shape index (κ1) is 29.3. The maximum Gasteiger partial charge on any atom is 0.322 e. The van der Waals surface area contributed by atoms with Crippen LogP contribution in [0.1, 0.15) is 30.4 Å². The van der Waals surface area contributed by atoms with Gasteiger partial charge in [0.2, 0.25) is 17.7 Å². The molecule has 3 atom stereocenters. The van der Waals surface area contributed by atoms with E-state index in [9.17, 15) is 24.3 Å². The smallest absolute Gasteiger partial charge is 0.322 e. The summed E-state index contributed by atoms with van der Waals surface area (Å²) in [5, 5.41) is 26.0. The van der Waals surface area contributed by atoms with Gasteiger partial charge >= 0.3 is 5.97 Å². The number of amides is 3. The molecule has 0 heterocycles. The Morgan fingerprint density at radius 1 is 0.784 bits per heavy atom. The summed E-state index contributed by atoms with van der Waals surface area (Å²) < 4.78 is 0. The molecule has 200 valence electrons. The van der Waals surface area contributed by atoms with Crippen molar-refractivity contribution in [2.24, 2.45) is 11.5 Å². The number of phenolic OH excluding ortho intramolecular Hbond substituents is 1. The van der Waals surface area contributed by atoms with Crippen molar-refractivity contribution >= 4 is 23.7 Å². The highest BCUT2D eigenvalue weighted by molar-refractivity contribution is 5.93. The molecule has 9 N–H and O–H groups in total. The lowest BCUT2D eigenvalue weighted by molar-refractivity contribution is -0.138. The molecular weight excluding hydrogens is 478 g/mol. The summed E-state index contributed by atoms with van der Waals surface area (Å²) in [6.45, 7) is -0.206. The van der Waals surface area contributed by atoms with E-state index in [1.165, 1.54) is 12.1 Å². The highest BCUT2D eigenvalue weighted by atomic mass is 16.4. The van der Waals surface area contributed by atoms with Crippen LogP contribution in [-0.2, 0) is 32.0 Å². The number of benzene rings is 2. The summed E-state index contributed by atoms with van der Waals surface area (Å²) in [5.41, 5.74) is 13.2. The first-order valence-electron chi connectivity index (χ1n) is 12.1. The lowest BCUT2D eigenvalue weighted by Gasteiger charge is -2.24. The SMILES string of the molecule is NCCCCC(NC(=O)C(N)Cc1ccccc1)C(=O)NC(Cc1ccc(O)cc1)C(=O)NCC(=O)O. The summed E-state index contributed by atoms with van der Waals surface area (Å²) >= 11 is 0. The number of carboxylic acids is 1. The normalized spacial score (nSPS) is 13.1. The van der Waals surface area contributed by atoms with Gasteiger partial charge in [-0.3, -0.25) is 19.2 Å². The predicted molar refractivity (Wildman–Crippen MR) is 137 cm³/mol. The van der Waals surface area contributed by atoms with Gasteiger partial charge in [-0.15, -0.1) is 0 Å². The Morgan fingerprint density at radius 3 is 2.03 bits per heavy atom. The molecule has 2 aromatic rings. The van der Waals surface area contributed by atoms with Crippen LogP contribution in [0.4, 0.5) is 0 Å². The minimum Gasteiger partial charge on any atom is -0.508 e. The van der Waals surface area contributed by atoms with Crippen molar-refractivity contribution in [1.82, 2.24) is 16.0 Å². The molecule has 0 bridgehead atoms. The Bertz CT molecular complexity index is 1030. The first-order valence-corrected chi connectivity index (χ1v) is 12.1. The number of carbonyl (C=O) groups is 4. The van der Waals surface area contributed by atoms with Gasteiger partial charge in [-0.05, 0) is 55.5 Å². The monoisotopic (exact) mass is 513 g/mol. The second-order valence-electron chi connectivity index (χ2n) is 8.69. The second kappa shape index (κ2) is 15.2. The van der Waals surface area contributed by atoms with Crippen molar-refractivity contribution in [3.8, 4) is 5.75 Å². The number of phenols is 1. The number of aromatic hydroxyl groups is 1. The van der Waals surface area contributed by atoms with Gasteiger partial charge in [0.15, 0.2) is 0 Å². The van der Waals surface area contributed by atoms with Crippen molar-refractivity contribution in [3.05, 3.63) is 65.7 Å². The van der Waals surface area contributed by atoms with E-state index in [1.807, 2.05) is 30.3 Å². The molecule has 0 aliphatic carbocycles. The van der Waals surface area contributed by atoms with Crippen molar-refractivity contribution in [2.45, 2.75) is 50.2 Å². The van der Waals surface area contributed by atoms with E-state index in [-0.39, 0.29) is 25.0 Å². The van der Waals surface area contributed by atoms with Crippen LogP contribution in [-0.4, -0.2) is 65.1 Å². The molecule has 2 rings (SSSR count). The number of rotatable bonds is 15. The molecule has 37 heavy (non-hydrogen) atoms.